The van der Waals surface area contributed by atoms with Gasteiger partial charge in [-0.2, -0.15) is 0 Å². The Morgan fingerprint density at radius 2 is 1.86 bits per heavy atom. The summed E-state index contributed by atoms with van der Waals surface area (Å²) in [4.78, 5) is 30.5. The Balaban J connectivity index is 1.47. The van der Waals surface area contributed by atoms with Gasteiger partial charge < -0.3 is 19.7 Å². The first kappa shape index (κ1) is 21.3. The molecule has 2 amide bonds. The highest BCUT2D eigenvalue weighted by Crippen LogP contribution is 2.52. The van der Waals surface area contributed by atoms with E-state index in [0.717, 1.165) is 6.20 Å². The van der Waals surface area contributed by atoms with E-state index in [1.807, 2.05) is 34.6 Å². The number of rotatable bonds is 5. The van der Waals surface area contributed by atoms with Crippen molar-refractivity contribution < 1.29 is 23.5 Å². The van der Waals surface area contributed by atoms with Gasteiger partial charge in [-0.1, -0.05) is 0 Å². The van der Waals surface area contributed by atoms with Gasteiger partial charge in [0.15, 0.2) is 0 Å². The number of hydrogen-bond acceptors (Lipinski definition) is 5. The zero-order valence-electron chi connectivity index (χ0n) is 17.9. The third-order valence-electron chi connectivity index (χ3n) is 5.18. The van der Waals surface area contributed by atoms with E-state index in [2.05, 4.69) is 10.3 Å². The maximum absolute atomic E-state index is 13.2. The van der Waals surface area contributed by atoms with Crippen LogP contribution in [0, 0.1) is 30.5 Å². The molecule has 1 aromatic heterocycles. The summed E-state index contributed by atoms with van der Waals surface area (Å²) < 4.78 is 24.2. The molecule has 8 heteroatoms. The van der Waals surface area contributed by atoms with Gasteiger partial charge in [0.1, 0.15) is 18.0 Å². The molecule has 0 unspecified atom stereocenters. The lowest BCUT2D eigenvalue weighted by molar-refractivity contribution is -0.125. The molecule has 2 fully saturated rings. The van der Waals surface area contributed by atoms with Crippen molar-refractivity contribution >= 4 is 12.0 Å². The van der Waals surface area contributed by atoms with Crippen LogP contribution >= 0.6 is 0 Å². The summed E-state index contributed by atoms with van der Waals surface area (Å²) in [5.41, 5.74) is -0.532. The molecule has 2 aliphatic rings. The molecule has 1 aliphatic heterocycles. The normalized spacial score (nSPS) is 23.4. The number of nitrogens with one attached hydrogen (secondary N) is 1. The number of amides is 2. The number of carbonyl (C=O) groups is 2. The van der Waals surface area contributed by atoms with Gasteiger partial charge >= 0.3 is 6.09 Å². The summed E-state index contributed by atoms with van der Waals surface area (Å²) in [5, 5.41) is 3.03. The molecule has 0 aromatic carbocycles. The molecule has 1 aliphatic carbocycles. The Morgan fingerprint density at radius 3 is 2.41 bits per heavy atom. The number of pyridine rings is 1. The first-order chi connectivity index (χ1) is 13.4. The smallest absolute Gasteiger partial charge is 0.410 e. The van der Waals surface area contributed by atoms with E-state index < -0.39 is 17.0 Å². The Kier molecular flexibility index (Phi) is 5.49. The maximum atomic E-state index is 13.2. The van der Waals surface area contributed by atoms with Crippen LogP contribution in [-0.2, 0) is 9.53 Å². The third kappa shape index (κ3) is 5.16. The minimum Gasteiger partial charge on any atom is -0.475 e. The first-order valence-corrected chi connectivity index (χ1v) is 9.91. The lowest BCUT2D eigenvalue weighted by atomic mass is 10.1. The molecule has 2 heterocycles. The molecule has 3 atom stereocenters. The summed E-state index contributed by atoms with van der Waals surface area (Å²) in [6.07, 6.45) is 0.787. The summed E-state index contributed by atoms with van der Waals surface area (Å²) in [5.74, 6) is 0.188. The second-order valence-electron chi connectivity index (χ2n) is 9.68. The van der Waals surface area contributed by atoms with Crippen LogP contribution in [0.25, 0.3) is 0 Å². The summed E-state index contributed by atoms with van der Waals surface area (Å²) in [6.45, 7) is 12.3. The number of ether oxygens (including phenoxy) is 2. The fourth-order valence-electron chi connectivity index (χ4n) is 3.77. The average molecular weight is 407 g/mol. The Hall–Kier alpha value is -2.38. The Labute approximate surface area is 171 Å². The van der Waals surface area contributed by atoms with Crippen molar-refractivity contribution in [2.75, 3.05) is 19.7 Å². The minimum absolute atomic E-state index is 0.0266. The van der Waals surface area contributed by atoms with Crippen LogP contribution < -0.4 is 10.1 Å². The maximum Gasteiger partial charge on any atom is 0.410 e. The summed E-state index contributed by atoms with van der Waals surface area (Å²) >= 11 is 0. The van der Waals surface area contributed by atoms with Crippen LogP contribution in [0.3, 0.4) is 0 Å². The van der Waals surface area contributed by atoms with Crippen LogP contribution in [-0.4, -0.2) is 52.7 Å². The molecule has 0 spiro atoms. The molecule has 1 saturated heterocycles. The second-order valence-corrected chi connectivity index (χ2v) is 9.68. The van der Waals surface area contributed by atoms with Crippen LogP contribution in [0.5, 0.6) is 5.88 Å². The van der Waals surface area contributed by atoms with Gasteiger partial charge in [-0.25, -0.2) is 14.2 Å². The highest BCUT2D eigenvalue weighted by Gasteiger charge is 2.61. The number of carbonyl (C=O) groups excluding carboxylic acids is 2. The number of piperidine rings is 1. The van der Waals surface area contributed by atoms with E-state index in [-0.39, 0.29) is 36.4 Å². The predicted octanol–water partition coefficient (Wildman–Crippen LogP) is 2.92. The number of halogens is 1. The van der Waals surface area contributed by atoms with Crippen molar-refractivity contribution in [1.29, 1.82) is 0 Å². The number of fused-ring (bicyclic) bond motifs is 1. The summed E-state index contributed by atoms with van der Waals surface area (Å²) in [7, 11) is 0. The molecule has 160 valence electrons. The fourth-order valence-corrected chi connectivity index (χ4v) is 3.77. The van der Waals surface area contributed by atoms with Crippen LogP contribution in [0.15, 0.2) is 12.3 Å². The quantitative estimate of drug-likeness (QED) is 0.812. The molecular formula is C21H30FN3O4. The van der Waals surface area contributed by atoms with Crippen molar-refractivity contribution in [3.8, 4) is 5.88 Å². The summed E-state index contributed by atoms with van der Waals surface area (Å²) in [6, 6.07) is 1.36. The van der Waals surface area contributed by atoms with Gasteiger partial charge in [0.25, 0.3) is 0 Å². The molecule has 3 rings (SSSR count). The topological polar surface area (TPSA) is 80.8 Å². The third-order valence-corrected chi connectivity index (χ3v) is 5.18. The van der Waals surface area contributed by atoms with E-state index in [0.29, 0.717) is 24.5 Å². The van der Waals surface area contributed by atoms with Gasteiger partial charge in [0, 0.05) is 24.6 Å². The lowest BCUT2D eigenvalue weighted by Gasteiger charge is -2.28. The van der Waals surface area contributed by atoms with Crippen LogP contribution in [0.2, 0.25) is 0 Å². The molecule has 29 heavy (non-hydrogen) atoms. The van der Waals surface area contributed by atoms with Gasteiger partial charge in [-0.15, -0.1) is 0 Å². The van der Waals surface area contributed by atoms with Crippen molar-refractivity contribution in [1.82, 2.24) is 15.2 Å². The highest BCUT2D eigenvalue weighted by atomic mass is 19.1. The van der Waals surface area contributed by atoms with Crippen molar-refractivity contribution in [2.45, 2.75) is 52.7 Å². The van der Waals surface area contributed by atoms with E-state index in [4.69, 9.17) is 9.47 Å². The van der Waals surface area contributed by atoms with Crippen molar-refractivity contribution in [2.24, 2.45) is 17.8 Å². The number of aryl methyl sites for hydroxylation is 1. The largest absolute Gasteiger partial charge is 0.475 e. The molecule has 1 aromatic rings. The highest BCUT2D eigenvalue weighted by molar-refractivity contribution is 5.84. The number of aromatic nitrogens is 1. The van der Waals surface area contributed by atoms with Gasteiger partial charge in [0.05, 0.1) is 11.7 Å². The van der Waals surface area contributed by atoms with Gasteiger partial charge in [-0.3, -0.25) is 4.79 Å². The molecule has 7 nitrogen and oxygen atoms in total. The molecule has 0 bridgehead atoms. The van der Waals surface area contributed by atoms with Gasteiger partial charge in [0.2, 0.25) is 11.8 Å². The van der Waals surface area contributed by atoms with Crippen LogP contribution in [0.4, 0.5) is 9.18 Å². The minimum atomic E-state index is -0.610. The second kappa shape index (κ2) is 7.46. The number of likely N-dealkylation sites (tertiary alicyclic amines) is 1. The average Bonchev–Trinajstić information content (AvgIpc) is 3.06. The monoisotopic (exact) mass is 407 g/mol. The molecule has 0 radical (unpaired) electrons. The standard InChI is InChI=1S/C21H30FN3O4/c1-12-7-13(22)8-23-18(12)28-11-21(5,6)24-17(26)16-14-9-25(10-15(14)16)19(27)29-20(2,3)4/h7-8,14-16H,9-11H2,1-6H3,(H,24,26)/t14-,15+,16+. The lowest BCUT2D eigenvalue weighted by Crippen LogP contribution is -2.49. The molecule has 1 saturated carbocycles. The molecular weight excluding hydrogens is 377 g/mol. The first-order valence-electron chi connectivity index (χ1n) is 9.91. The Bertz CT molecular complexity index is 794. The number of hydrogen-bond donors (Lipinski definition) is 1. The zero-order valence-corrected chi connectivity index (χ0v) is 17.9. The van der Waals surface area contributed by atoms with Crippen molar-refractivity contribution in [3.05, 3.63) is 23.6 Å². The number of nitrogens with zero attached hydrogens (tertiary/aromatic N) is 2. The van der Waals surface area contributed by atoms with E-state index >= 15 is 0 Å². The van der Waals surface area contributed by atoms with Crippen LogP contribution in [0.1, 0.15) is 40.2 Å². The Morgan fingerprint density at radius 1 is 1.24 bits per heavy atom. The fraction of sp³-hybridized carbons (Fsp3) is 0.667. The zero-order chi connectivity index (χ0) is 21.6. The van der Waals surface area contributed by atoms with E-state index in [1.54, 1.807) is 11.8 Å². The SMILES string of the molecule is Cc1cc(F)cnc1OCC(C)(C)NC(=O)[C@H]1[C@@H]2CN(C(=O)OC(C)(C)C)C[C@@H]21. The van der Waals surface area contributed by atoms with Crippen molar-refractivity contribution in [3.63, 3.8) is 0 Å². The predicted molar refractivity (Wildman–Crippen MR) is 105 cm³/mol. The molecule has 1 N–H and O–H groups in total. The van der Waals surface area contributed by atoms with Gasteiger partial charge in [-0.05, 0) is 59.4 Å². The van der Waals surface area contributed by atoms with E-state index in [1.165, 1.54) is 6.07 Å². The van der Waals surface area contributed by atoms with E-state index in [9.17, 15) is 14.0 Å².